The molecule has 4 nitrogen and oxygen atoms in total. The number of carbonyl (C=O) groups is 2. The lowest BCUT2D eigenvalue weighted by Gasteiger charge is -2.42. The molecule has 2 amide bonds. The summed E-state index contributed by atoms with van der Waals surface area (Å²) in [5, 5.41) is 2.65. The van der Waals surface area contributed by atoms with Gasteiger partial charge in [-0.15, -0.1) is 0 Å². The van der Waals surface area contributed by atoms with Crippen LogP contribution in [-0.2, 0) is 9.59 Å². The Morgan fingerprint density at radius 1 is 1.24 bits per heavy atom. The zero-order chi connectivity index (χ0) is 16.4. The van der Waals surface area contributed by atoms with Gasteiger partial charge in [0.2, 0.25) is 11.8 Å². The number of rotatable bonds is 5. The summed E-state index contributed by atoms with van der Waals surface area (Å²) in [4.78, 5) is 25.7. The van der Waals surface area contributed by atoms with Crippen LogP contribution in [0.1, 0.15) is 40.5 Å². The van der Waals surface area contributed by atoms with Crippen LogP contribution in [0.15, 0.2) is 0 Å². The maximum absolute atomic E-state index is 12.5. The van der Waals surface area contributed by atoms with Crippen LogP contribution in [0.4, 0.5) is 13.2 Å². The zero-order valence-electron chi connectivity index (χ0n) is 12.8. The third-order valence-electron chi connectivity index (χ3n) is 3.94. The quantitative estimate of drug-likeness (QED) is 0.847. The van der Waals surface area contributed by atoms with E-state index in [0.717, 1.165) is 4.90 Å². The van der Waals surface area contributed by atoms with E-state index in [2.05, 4.69) is 5.32 Å². The maximum atomic E-state index is 12.5. The number of halogens is 3. The number of hydrogen-bond donors (Lipinski definition) is 1. The molecule has 0 aromatic carbocycles. The van der Waals surface area contributed by atoms with E-state index in [1.807, 2.05) is 6.92 Å². The summed E-state index contributed by atoms with van der Waals surface area (Å²) < 4.78 is 37.4. The average Bonchev–Trinajstić information content (AvgIpc) is 2.36. The van der Waals surface area contributed by atoms with E-state index < -0.39 is 37.1 Å². The Kier molecular flexibility index (Phi) is 5.64. The minimum absolute atomic E-state index is 0.160. The molecule has 122 valence electrons. The molecule has 1 N–H and O–H groups in total. The van der Waals surface area contributed by atoms with Gasteiger partial charge in [0.1, 0.15) is 12.1 Å². The molecule has 1 aliphatic heterocycles. The maximum Gasteiger partial charge on any atom is 0.390 e. The second-order valence-corrected chi connectivity index (χ2v) is 5.96. The zero-order valence-corrected chi connectivity index (χ0v) is 12.8. The molecule has 21 heavy (non-hydrogen) atoms. The minimum atomic E-state index is -4.35. The molecule has 1 rings (SSSR count). The molecule has 3 atom stereocenters. The summed E-state index contributed by atoms with van der Waals surface area (Å²) in [6, 6.07) is -1.56. The molecule has 0 radical (unpaired) electrons. The summed E-state index contributed by atoms with van der Waals surface area (Å²) in [5.74, 6) is -1.12. The lowest BCUT2D eigenvalue weighted by Crippen LogP contribution is -2.66. The number of hydrogen-bond acceptors (Lipinski definition) is 2. The average molecular weight is 308 g/mol. The van der Waals surface area contributed by atoms with Crippen LogP contribution < -0.4 is 5.32 Å². The van der Waals surface area contributed by atoms with Crippen LogP contribution in [0.2, 0.25) is 0 Å². The van der Waals surface area contributed by atoms with Gasteiger partial charge in [-0.25, -0.2) is 0 Å². The van der Waals surface area contributed by atoms with Crippen LogP contribution in [0.3, 0.4) is 0 Å². The highest BCUT2D eigenvalue weighted by Crippen LogP contribution is 2.26. The van der Waals surface area contributed by atoms with Gasteiger partial charge in [0.05, 0.1) is 6.42 Å². The molecule has 0 spiro atoms. The fourth-order valence-corrected chi connectivity index (χ4v) is 2.49. The van der Waals surface area contributed by atoms with Gasteiger partial charge >= 0.3 is 6.18 Å². The molecule has 0 bridgehead atoms. The van der Waals surface area contributed by atoms with Crippen LogP contribution in [0.25, 0.3) is 0 Å². The van der Waals surface area contributed by atoms with Crippen LogP contribution in [-0.4, -0.2) is 41.5 Å². The molecular weight excluding hydrogens is 285 g/mol. The summed E-state index contributed by atoms with van der Waals surface area (Å²) in [6.07, 6.45) is -4.83. The minimum Gasteiger partial charge on any atom is -0.342 e. The highest BCUT2D eigenvalue weighted by molar-refractivity contribution is 5.97. The third kappa shape index (κ3) is 4.35. The van der Waals surface area contributed by atoms with Gasteiger partial charge in [0.15, 0.2) is 0 Å². The van der Waals surface area contributed by atoms with Gasteiger partial charge in [0.25, 0.3) is 0 Å². The standard InChI is InChI=1S/C14H23F3N2O2/c1-5-9(4)11-12(20)18-10(8(2)3)13(21)19(11)7-6-14(15,16)17/h8-11H,5-7H2,1-4H3,(H,18,20). The van der Waals surface area contributed by atoms with Gasteiger partial charge in [-0.2, -0.15) is 13.2 Å². The van der Waals surface area contributed by atoms with Gasteiger partial charge < -0.3 is 10.2 Å². The van der Waals surface area contributed by atoms with E-state index in [4.69, 9.17) is 0 Å². The van der Waals surface area contributed by atoms with Crippen LogP contribution in [0.5, 0.6) is 0 Å². The SMILES string of the molecule is CCC(C)C1C(=O)NC(C(C)C)C(=O)N1CCC(F)(F)F. The van der Waals surface area contributed by atoms with E-state index in [1.54, 1.807) is 20.8 Å². The van der Waals surface area contributed by atoms with Crippen molar-refractivity contribution < 1.29 is 22.8 Å². The van der Waals surface area contributed by atoms with Gasteiger partial charge in [0, 0.05) is 6.54 Å². The van der Waals surface area contributed by atoms with Crippen molar-refractivity contribution >= 4 is 11.8 Å². The number of alkyl halides is 3. The molecule has 1 aliphatic rings. The van der Waals surface area contributed by atoms with E-state index >= 15 is 0 Å². The largest absolute Gasteiger partial charge is 0.390 e. The molecule has 0 aliphatic carbocycles. The third-order valence-corrected chi connectivity index (χ3v) is 3.94. The second kappa shape index (κ2) is 6.66. The molecule has 1 fully saturated rings. The molecular formula is C14H23F3N2O2. The number of nitrogens with zero attached hydrogens (tertiary/aromatic N) is 1. The molecule has 1 saturated heterocycles. The first kappa shape index (κ1) is 17.8. The monoisotopic (exact) mass is 308 g/mol. The Labute approximate surface area is 123 Å². The molecule has 1 heterocycles. The molecule has 7 heteroatoms. The Morgan fingerprint density at radius 3 is 2.24 bits per heavy atom. The number of carbonyl (C=O) groups excluding carboxylic acids is 2. The first-order valence-electron chi connectivity index (χ1n) is 7.26. The van der Waals surface area contributed by atoms with Crippen LogP contribution >= 0.6 is 0 Å². The van der Waals surface area contributed by atoms with Crippen molar-refractivity contribution in [3.63, 3.8) is 0 Å². The smallest absolute Gasteiger partial charge is 0.342 e. The Balaban J connectivity index is 3.00. The normalized spacial score (nSPS) is 25.2. The molecule has 0 aromatic heterocycles. The topological polar surface area (TPSA) is 49.4 Å². The summed E-state index contributed by atoms with van der Waals surface area (Å²) in [6.45, 7) is 6.67. The van der Waals surface area contributed by atoms with Crippen molar-refractivity contribution in [3.05, 3.63) is 0 Å². The highest BCUT2D eigenvalue weighted by Gasteiger charge is 2.44. The van der Waals surface area contributed by atoms with E-state index in [9.17, 15) is 22.8 Å². The van der Waals surface area contributed by atoms with Gasteiger partial charge in [-0.05, 0) is 11.8 Å². The Bertz CT molecular complexity index is 396. The van der Waals surface area contributed by atoms with Crippen molar-refractivity contribution in [2.45, 2.75) is 58.8 Å². The van der Waals surface area contributed by atoms with Crippen molar-refractivity contribution in [2.24, 2.45) is 11.8 Å². The molecule has 0 saturated carbocycles. The lowest BCUT2D eigenvalue weighted by atomic mass is 9.90. The Hall–Kier alpha value is -1.27. The number of amides is 2. The predicted molar refractivity (Wildman–Crippen MR) is 72.4 cm³/mol. The second-order valence-electron chi connectivity index (χ2n) is 5.96. The molecule has 0 aromatic rings. The fourth-order valence-electron chi connectivity index (χ4n) is 2.49. The van der Waals surface area contributed by atoms with Crippen molar-refractivity contribution in [2.75, 3.05) is 6.54 Å². The first-order valence-corrected chi connectivity index (χ1v) is 7.26. The number of nitrogens with one attached hydrogen (secondary N) is 1. The lowest BCUT2D eigenvalue weighted by molar-refractivity contribution is -0.161. The van der Waals surface area contributed by atoms with Crippen molar-refractivity contribution in [1.29, 1.82) is 0 Å². The van der Waals surface area contributed by atoms with Crippen molar-refractivity contribution in [3.8, 4) is 0 Å². The van der Waals surface area contributed by atoms with Crippen LogP contribution in [0, 0.1) is 11.8 Å². The van der Waals surface area contributed by atoms with E-state index in [-0.39, 0.29) is 17.7 Å². The number of piperazine rings is 1. The highest BCUT2D eigenvalue weighted by atomic mass is 19.4. The Morgan fingerprint density at radius 2 is 1.81 bits per heavy atom. The van der Waals surface area contributed by atoms with Gasteiger partial charge in [-0.1, -0.05) is 34.1 Å². The predicted octanol–water partition coefficient (Wildman–Crippen LogP) is 2.34. The van der Waals surface area contributed by atoms with E-state index in [0.29, 0.717) is 6.42 Å². The summed E-state index contributed by atoms with van der Waals surface area (Å²) in [7, 11) is 0. The first-order chi connectivity index (χ1) is 9.58. The van der Waals surface area contributed by atoms with Gasteiger partial charge in [-0.3, -0.25) is 9.59 Å². The fraction of sp³-hybridized carbons (Fsp3) is 0.857. The summed E-state index contributed by atoms with van der Waals surface area (Å²) in [5.41, 5.74) is 0. The van der Waals surface area contributed by atoms with Crippen molar-refractivity contribution in [1.82, 2.24) is 10.2 Å². The summed E-state index contributed by atoms with van der Waals surface area (Å²) >= 11 is 0. The van der Waals surface area contributed by atoms with E-state index in [1.165, 1.54) is 0 Å². The molecule has 3 unspecified atom stereocenters.